The zero-order chi connectivity index (χ0) is 17.7. The maximum Gasteiger partial charge on any atom is 0.414 e. The molecular weight excluding hydrogens is 325 g/mol. The largest absolute Gasteiger partial charge is 0.414 e. The van der Waals surface area contributed by atoms with Crippen molar-refractivity contribution in [1.29, 1.82) is 0 Å². The molecule has 0 saturated carbocycles. The molecule has 134 valence electrons. The minimum Gasteiger partial charge on any atom is -0.383 e. The summed E-state index contributed by atoms with van der Waals surface area (Å²) in [4.78, 5) is 13.7. The quantitative estimate of drug-likeness (QED) is 0.881. The van der Waals surface area contributed by atoms with Crippen LogP contribution in [0, 0.1) is 5.92 Å². The monoisotopic (exact) mass is 346 g/mol. The van der Waals surface area contributed by atoms with Crippen LogP contribution in [-0.4, -0.2) is 48.5 Å². The van der Waals surface area contributed by atoms with Crippen molar-refractivity contribution in [2.24, 2.45) is 5.92 Å². The van der Waals surface area contributed by atoms with Gasteiger partial charge in [0.25, 0.3) is 0 Å². The highest BCUT2D eigenvalue weighted by Gasteiger charge is 2.44. The lowest BCUT2D eigenvalue weighted by Crippen LogP contribution is -2.46. The zero-order valence-electron chi connectivity index (χ0n) is 13.3. The minimum absolute atomic E-state index is 0.119. The number of ether oxygens (including phenoxy) is 1. The molecule has 1 heterocycles. The van der Waals surface area contributed by atoms with Gasteiger partial charge in [-0.2, -0.15) is 13.2 Å². The zero-order valence-corrected chi connectivity index (χ0v) is 13.3. The van der Waals surface area contributed by atoms with Crippen LogP contribution in [0.1, 0.15) is 18.4 Å². The molecule has 5 nitrogen and oxygen atoms in total. The van der Waals surface area contributed by atoms with Gasteiger partial charge in [-0.15, -0.1) is 0 Å². The number of para-hydroxylation sites is 1. The van der Waals surface area contributed by atoms with Crippen LogP contribution in [0.2, 0.25) is 0 Å². The summed E-state index contributed by atoms with van der Waals surface area (Å²) in [5, 5.41) is 12.1. The molecule has 1 unspecified atom stereocenters. The van der Waals surface area contributed by atoms with E-state index < -0.39 is 18.2 Å². The number of hydrogen-bond donors (Lipinski definition) is 2. The van der Waals surface area contributed by atoms with E-state index in [-0.39, 0.29) is 32.0 Å². The second-order valence-corrected chi connectivity index (χ2v) is 5.83. The number of anilines is 1. The molecule has 0 aliphatic carbocycles. The van der Waals surface area contributed by atoms with Gasteiger partial charge in [0, 0.05) is 31.5 Å². The van der Waals surface area contributed by atoms with E-state index in [1.165, 1.54) is 4.90 Å². The van der Waals surface area contributed by atoms with E-state index in [0.717, 1.165) is 5.56 Å². The maximum atomic E-state index is 12.5. The number of nitrogens with zero attached hydrogens (tertiary/aromatic N) is 1. The van der Waals surface area contributed by atoms with Crippen molar-refractivity contribution in [3.05, 3.63) is 29.8 Å². The Bertz CT molecular complexity index is 558. The van der Waals surface area contributed by atoms with Crippen LogP contribution in [0.5, 0.6) is 0 Å². The van der Waals surface area contributed by atoms with E-state index >= 15 is 0 Å². The first-order chi connectivity index (χ1) is 11.3. The fourth-order valence-electron chi connectivity index (χ4n) is 2.80. The predicted octanol–water partition coefficient (Wildman–Crippen LogP) is 3.00. The molecular formula is C16H21F3N2O3. The number of carbonyl (C=O) groups excluding carboxylic acids is 1. The van der Waals surface area contributed by atoms with Gasteiger partial charge < -0.3 is 20.1 Å². The molecule has 2 amide bonds. The summed E-state index contributed by atoms with van der Waals surface area (Å²) in [6.45, 7) is 0.697. The third kappa shape index (κ3) is 4.61. The van der Waals surface area contributed by atoms with E-state index in [1.807, 2.05) is 12.1 Å². The Labute approximate surface area is 138 Å². The number of methoxy groups -OCH3 is 1. The summed E-state index contributed by atoms with van der Waals surface area (Å²) in [6, 6.07) is 6.81. The van der Waals surface area contributed by atoms with Crippen molar-refractivity contribution >= 4 is 11.7 Å². The van der Waals surface area contributed by atoms with Crippen molar-refractivity contribution < 1.29 is 27.8 Å². The molecule has 0 aromatic heterocycles. The Morgan fingerprint density at radius 1 is 1.38 bits per heavy atom. The molecule has 1 fully saturated rings. The van der Waals surface area contributed by atoms with Crippen LogP contribution < -0.4 is 5.32 Å². The number of alkyl halides is 3. The number of aliphatic hydroxyl groups excluding tert-OH is 1. The van der Waals surface area contributed by atoms with Gasteiger partial charge in [-0.05, 0) is 24.8 Å². The molecule has 0 bridgehead atoms. The Kier molecular flexibility index (Phi) is 6.06. The molecule has 1 atom stereocenters. The summed E-state index contributed by atoms with van der Waals surface area (Å²) in [7, 11) is 1.55. The molecule has 1 aliphatic rings. The number of aliphatic hydroxyl groups is 1. The van der Waals surface area contributed by atoms with Crippen LogP contribution in [0.25, 0.3) is 0 Å². The second-order valence-electron chi connectivity index (χ2n) is 5.83. The number of amides is 2. The molecule has 0 spiro atoms. The average molecular weight is 346 g/mol. The van der Waals surface area contributed by atoms with E-state index in [2.05, 4.69) is 5.32 Å². The van der Waals surface area contributed by atoms with Gasteiger partial charge in [0.05, 0.1) is 6.61 Å². The van der Waals surface area contributed by atoms with Crippen molar-refractivity contribution in [1.82, 2.24) is 4.90 Å². The number of hydrogen-bond acceptors (Lipinski definition) is 3. The summed E-state index contributed by atoms with van der Waals surface area (Å²) in [5.74, 6) is -0.866. The molecule has 2 N–H and O–H groups in total. The van der Waals surface area contributed by atoms with Gasteiger partial charge in [0.2, 0.25) is 0 Å². The van der Waals surface area contributed by atoms with Crippen molar-refractivity contribution in [3.63, 3.8) is 0 Å². The lowest BCUT2D eigenvalue weighted by atomic mass is 9.91. The Morgan fingerprint density at radius 2 is 2.00 bits per heavy atom. The second kappa shape index (κ2) is 7.85. The molecule has 1 saturated heterocycles. The molecule has 24 heavy (non-hydrogen) atoms. The summed E-state index contributed by atoms with van der Waals surface area (Å²) in [6.07, 6.45) is -6.71. The smallest absolute Gasteiger partial charge is 0.383 e. The lowest BCUT2D eigenvalue weighted by Gasteiger charge is -2.34. The minimum atomic E-state index is -4.62. The Balaban J connectivity index is 1.92. The lowest BCUT2D eigenvalue weighted by molar-refractivity contribution is -0.222. The number of carbonyl (C=O) groups is 1. The molecule has 1 aromatic carbocycles. The first-order valence-corrected chi connectivity index (χ1v) is 7.70. The fraction of sp³-hybridized carbons (Fsp3) is 0.562. The number of urea groups is 1. The fourth-order valence-corrected chi connectivity index (χ4v) is 2.80. The number of benzene rings is 1. The van der Waals surface area contributed by atoms with Crippen LogP contribution >= 0.6 is 0 Å². The van der Waals surface area contributed by atoms with Crippen LogP contribution in [0.15, 0.2) is 24.3 Å². The summed E-state index contributed by atoms with van der Waals surface area (Å²) in [5.41, 5.74) is 1.43. The van der Waals surface area contributed by atoms with Gasteiger partial charge in [-0.3, -0.25) is 0 Å². The highest BCUT2D eigenvalue weighted by Crippen LogP contribution is 2.31. The number of nitrogens with one attached hydrogen (secondary N) is 1. The van der Waals surface area contributed by atoms with E-state index in [1.54, 1.807) is 19.2 Å². The molecule has 0 radical (unpaired) electrons. The third-order valence-electron chi connectivity index (χ3n) is 4.17. The van der Waals surface area contributed by atoms with Crippen LogP contribution in [0.3, 0.4) is 0 Å². The molecule has 1 aliphatic heterocycles. The first kappa shape index (κ1) is 18.5. The number of likely N-dealkylation sites (tertiary alicyclic amines) is 1. The maximum absolute atomic E-state index is 12.5. The predicted molar refractivity (Wildman–Crippen MR) is 82.5 cm³/mol. The summed E-state index contributed by atoms with van der Waals surface area (Å²) >= 11 is 0. The Hall–Kier alpha value is -1.80. The van der Waals surface area contributed by atoms with Gasteiger partial charge in [-0.25, -0.2) is 4.79 Å². The SMILES string of the molecule is COCc1ccccc1NC(=O)N1CCC(C(O)C(F)(F)F)CC1. The molecule has 8 heteroatoms. The standard InChI is InChI=1S/C16H21F3N2O3/c1-24-10-12-4-2-3-5-13(12)20-15(23)21-8-6-11(7-9-21)14(22)16(17,18)19/h2-5,11,14,22H,6-10H2,1H3,(H,20,23). The van der Waals surface area contributed by atoms with Crippen molar-refractivity contribution in [2.45, 2.75) is 31.7 Å². The van der Waals surface area contributed by atoms with Crippen molar-refractivity contribution in [3.8, 4) is 0 Å². The van der Waals surface area contributed by atoms with Crippen molar-refractivity contribution in [2.75, 3.05) is 25.5 Å². The van der Waals surface area contributed by atoms with Gasteiger partial charge >= 0.3 is 12.2 Å². The van der Waals surface area contributed by atoms with Gasteiger partial charge in [-0.1, -0.05) is 18.2 Å². The number of piperidine rings is 1. The Morgan fingerprint density at radius 3 is 2.58 bits per heavy atom. The van der Waals surface area contributed by atoms with E-state index in [9.17, 15) is 23.1 Å². The first-order valence-electron chi connectivity index (χ1n) is 7.70. The number of halogens is 3. The molecule has 2 rings (SSSR count). The third-order valence-corrected chi connectivity index (χ3v) is 4.17. The highest BCUT2D eigenvalue weighted by atomic mass is 19.4. The summed E-state index contributed by atoms with van der Waals surface area (Å²) < 4.78 is 42.7. The van der Waals surface area contributed by atoms with Crippen LogP contribution in [0.4, 0.5) is 23.7 Å². The normalized spacial score (nSPS) is 17.6. The molecule has 1 aromatic rings. The van der Waals surface area contributed by atoms with Gasteiger partial charge in [0.15, 0.2) is 6.10 Å². The topological polar surface area (TPSA) is 61.8 Å². The number of rotatable bonds is 4. The van der Waals surface area contributed by atoms with E-state index in [4.69, 9.17) is 4.74 Å². The van der Waals surface area contributed by atoms with Gasteiger partial charge in [0.1, 0.15) is 0 Å². The van der Waals surface area contributed by atoms with E-state index in [0.29, 0.717) is 12.3 Å². The highest BCUT2D eigenvalue weighted by molar-refractivity contribution is 5.90. The van der Waals surface area contributed by atoms with Crippen LogP contribution in [-0.2, 0) is 11.3 Å². The average Bonchev–Trinajstić information content (AvgIpc) is 2.55.